The zero-order valence-electron chi connectivity index (χ0n) is 19.0. The van der Waals surface area contributed by atoms with Crippen molar-refractivity contribution in [2.75, 3.05) is 13.1 Å². The van der Waals surface area contributed by atoms with Crippen molar-refractivity contribution < 1.29 is 8.42 Å². The highest BCUT2D eigenvalue weighted by molar-refractivity contribution is 7.89. The molecule has 2 fully saturated rings. The summed E-state index contributed by atoms with van der Waals surface area (Å²) in [5.41, 5.74) is 2.90. The summed E-state index contributed by atoms with van der Waals surface area (Å²) in [4.78, 5) is 0.346. The molecule has 7 heteroatoms. The number of benzene rings is 2. The standard InChI is InChI=1S/C26H34ClN3O2S/c27-21-11-12-23-20(14-21)10-13-25-24(23)15-26(30-25)28-16-18-6-8-19(9-7-18)17-29-33(31,32)22-4-2-1-3-5-22/h1-5,11-12,14,18-19,24-26,28-30H,6-10,13,15-17H2. The van der Waals surface area contributed by atoms with Gasteiger partial charge in [0.15, 0.2) is 0 Å². The Morgan fingerprint density at radius 1 is 0.939 bits per heavy atom. The molecule has 3 aliphatic rings. The normalized spacial score (nSPS) is 29.4. The first-order chi connectivity index (χ1) is 16.0. The summed E-state index contributed by atoms with van der Waals surface area (Å²) in [5, 5.41) is 8.47. The average Bonchev–Trinajstić information content (AvgIpc) is 3.26. The lowest BCUT2D eigenvalue weighted by Gasteiger charge is -2.29. The van der Waals surface area contributed by atoms with E-state index in [1.54, 1.807) is 24.3 Å². The van der Waals surface area contributed by atoms with Crippen LogP contribution in [0.3, 0.4) is 0 Å². The molecule has 3 unspecified atom stereocenters. The minimum atomic E-state index is -3.41. The van der Waals surface area contributed by atoms with Crippen LogP contribution in [0.15, 0.2) is 53.4 Å². The van der Waals surface area contributed by atoms with Crippen molar-refractivity contribution in [3.05, 3.63) is 64.7 Å². The van der Waals surface area contributed by atoms with Crippen LogP contribution in [0.4, 0.5) is 0 Å². The summed E-state index contributed by atoms with van der Waals surface area (Å²) in [6, 6.07) is 15.6. The maximum absolute atomic E-state index is 12.5. The highest BCUT2D eigenvalue weighted by Crippen LogP contribution is 2.39. The molecule has 5 nitrogen and oxygen atoms in total. The minimum absolute atomic E-state index is 0.346. The topological polar surface area (TPSA) is 70.2 Å². The van der Waals surface area contributed by atoms with Gasteiger partial charge in [0.1, 0.15) is 0 Å². The number of nitrogens with one attached hydrogen (secondary N) is 3. The second kappa shape index (κ2) is 10.0. The molecule has 178 valence electrons. The second-order valence-corrected chi connectivity index (χ2v) is 12.2. The van der Waals surface area contributed by atoms with Crippen LogP contribution in [0.1, 0.15) is 55.6 Å². The molecule has 0 spiro atoms. The van der Waals surface area contributed by atoms with Crippen molar-refractivity contribution in [3.8, 4) is 0 Å². The number of hydrogen-bond donors (Lipinski definition) is 3. The molecule has 3 atom stereocenters. The van der Waals surface area contributed by atoms with E-state index in [1.165, 1.54) is 17.5 Å². The van der Waals surface area contributed by atoms with Gasteiger partial charge in [0.05, 0.1) is 11.1 Å². The predicted molar refractivity (Wildman–Crippen MR) is 133 cm³/mol. The molecule has 2 aliphatic carbocycles. The molecule has 5 rings (SSSR count). The maximum Gasteiger partial charge on any atom is 0.240 e. The molecule has 0 radical (unpaired) electrons. The summed E-state index contributed by atoms with van der Waals surface area (Å²) in [6.07, 6.45) is 8.28. The molecule has 2 aromatic rings. The summed E-state index contributed by atoms with van der Waals surface area (Å²) >= 11 is 6.20. The molecular weight excluding hydrogens is 454 g/mol. The Morgan fingerprint density at radius 2 is 1.67 bits per heavy atom. The van der Waals surface area contributed by atoms with Gasteiger partial charge in [-0.1, -0.05) is 35.9 Å². The van der Waals surface area contributed by atoms with Gasteiger partial charge >= 0.3 is 0 Å². The molecule has 0 amide bonds. The predicted octanol–water partition coefficient (Wildman–Crippen LogP) is 4.43. The zero-order valence-corrected chi connectivity index (χ0v) is 20.5. The molecule has 1 heterocycles. The van der Waals surface area contributed by atoms with Crippen LogP contribution in [0.5, 0.6) is 0 Å². The first kappa shape index (κ1) is 23.3. The summed E-state index contributed by atoms with van der Waals surface area (Å²) < 4.78 is 27.7. The quantitative estimate of drug-likeness (QED) is 0.540. The summed E-state index contributed by atoms with van der Waals surface area (Å²) in [5.74, 6) is 1.68. The molecule has 1 aliphatic heterocycles. The molecular formula is C26H34ClN3O2S. The van der Waals surface area contributed by atoms with E-state index in [0.29, 0.717) is 41.4 Å². The lowest BCUT2D eigenvalue weighted by Crippen LogP contribution is -2.43. The van der Waals surface area contributed by atoms with Crippen LogP contribution in [0, 0.1) is 11.8 Å². The fourth-order valence-corrected chi connectivity index (χ4v) is 7.29. The lowest BCUT2D eigenvalue weighted by molar-refractivity contribution is 0.258. The van der Waals surface area contributed by atoms with Crippen molar-refractivity contribution >= 4 is 21.6 Å². The third-order valence-corrected chi connectivity index (χ3v) is 9.53. The van der Waals surface area contributed by atoms with Gasteiger partial charge in [-0.05, 0) is 98.7 Å². The van der Waals surface area contributed by atoms with Crippen LogP contribution >= 0.6 is 11.6 Å². The number of halogens is 1. The number of hydrogen-bond acceptors (Lipinski definition) is 4. The number of sulfonamides is 1. The number of rotatable bonds is 7. The molecule has 1 saturated heterocycles. The molecule has 3 N–H and O–H groups in total. The van der Waals surface area contributed by atoms with Crippen molar-refractivity contribution in [2.45, 2.75) is 68.0 Å². The number of fused-ring (bicyclic) bond motifs is 3. The average molecular weight is 488 g/mol. The van der Waals surface area contributed by atoms with E-state index < -0.39 is 10.0 Å². The fraction of sp³-hybridized carbons (Fsp3) is 0.538. The van der Waals surface area contributed by atoms with Crippen LogP contribution < -0.4 is 15.4 Å². The van der Waals surface area contributed by atoms with Crippen molar-refractivity contribution in [1.82, 2.24) is 15.4 Å². The molecule has 33 heavy (non-hydrogen) atoms. The van der Waals surface area contributed by atoms with Gasteiger partial charge in [-0.3, -0.25) is 5.32 Å². The molecule has 0 bridgehead atoms. The van der Waals surface area contributed by atoms with Crippen LogP contribution in [0.2, 0.25) is 5.02 Å². The van der Waals surface area contributed by atoms with Gasteiger partial charge in [0.2, 0.25) is 10.0 Å². The zero-order chi connectivity index (χ0) is 22.8. The SMILES string of the molecule is O=S(=O)(NCC1CCC(CNC2CC3c4ccc(Cl)cc4CCC3N2)CC1)c1ccccc1. The largest absolute Gasteiger partial charge is 0.302 e. The monoisotopic (exact) mass is 487 g/mol. The molecule has 0 aromatic heterocycles. The van der Waals surface area contributed by atoms with Gasteiger partial charge in [0.25, 0.3) is 0 Å². The van der Waals surface area contributed by atoms with Gasteiger partial charge in [-0.25, -0.2) is 13.1 Å². The third kappa shape index (κ3) is 5.46. The van der Waals surface area contributed by atoms with E-state index in [9.17, 15) is 8.42 Å². The van der Waals surface area contributed by atoms with E-state index in [1.807, 2.05) is 12.1 Å². The number of aryl methyl sites for hydroxylation is 1. The van der Waals surface area contributed by atoms with Crippen molar-refractivity contribution in [1.29, 1.82) is 0 Å². The van der Waals surface area contributed by atoms with Crippen molar-refractivity contribution in [2.24, 2.45) is 11.8 Å². The highest BCUT2D eigenvalue weighted by Gasteiger charge is 2.38. The van der Waals surface area contributed by atoms with Gasteiger partial charge in [0, 0.05) is 23.5 Å². The lowest BCUT2D eigenvalue weighted by atomic mass is 9.79. The Hall–Kier alpha value is -1.44. The van der Waals surface area contributed by atoms with E-state index in [0.717, 1.165) is 50.1 Å². The Balaban J connectivity index is 1.05. The molecule has 1 saturated carbocycles. The summed E-state index contributed by atoms with van der Waals surface area (Å²) in [6.45, 7) is 1.57. The fourth-order valence-electron chi connectivity index (χ4n) is 5.95. The highest BCUT2D eigenvalue weighted by atomic mass is 35.5. The van der Waals surface area contributed by atoms with Crippen LogP contribution in [-0.4, -0.2) is 33.7 Å². The minimum Gasteiger partial charge on any atom is -0.302 e. The van der Waals surface area contributed by atoms with Gasteiger partial charge < -0.3 is 5.32 Å². The Kier molecular flexibility index (Phi) is 7.09. The van der Waals surface area contributed by atoms with E-state index >= 15 is 0 Å². The van der Waals surface area contributed by atoms with Gasteiger partial charge in [-0.2, -0.15) is 0 Å². The first-order valence-corrected chi connectivity index (χ1v) is 14.2. The second-order valence-electron chi connectivity index (χ2n) is 10.0. The van der Waals surface area contributed by atoms with Crippen LogP contribution in [-0.2, 0) is 16.4 Å². The molecule has 2 aromatic carbocycles. The smallest absolute Gasteiger partial charge is 0.240 e. The van der Waals surface area contributed by atoms with Crippen LogP contribution in [0.25, 0.3) is 0 Å². The van der Waals surface area contributed by atoms with E-state index in [4.69, 9.17) is 11.6 Å². The Morgan fingerprint density at radius 3 is 2.42 bits per heavy atom. The van der Waals surface area contributed by atoms with Crippen molar-refractivity contribution in [3.63, 3.8) is 0 Å². The Labute approximate surface area is 202 Å². The maximum atomic E-state index is 12.5. The van der Waals surface area contributed by atoms with Gasteiger partial charge in [-0.15, -0.1) is 0 Å². The third-order valence-electron chi connectivity index (χ3n) is 7.85. The summed E-state index contributed by atoms with van der Waals surface area (Å²) in [7, 11) is -3.41. The first-order valence-electron chi connectivity index (χ1n) is 12.3. The van der Waals surface area contributed by atoms with E-state index in [-0.39, 0.29) is 0 Å². The van der Waals surface area contributed by atoms with E-state index in [2.05, 4.69) is 27.5 Å². The Bertz CT molecular complexity index is 1050.